The van der Waals surface area contributed by atoms with Gasteiger partial charge in [0.15, 0.2) is 0 Å². The first kappa shape index (κ1) is 52.6. The number of quaternary nitrogens is 2. The molecule has 0 aromatic heterocycles. The van der Waals surface area contributed by atoms with Gasteiger partial charge in [-0.25, -0.2) is 0 Å². The van der Waals surface area contributed by atoms with Gasteiger partial charge in [-0.15, -0.1) is 0 Å². The number of methoxy groups -OCH3 is 3. The third-order valence-corrected chi connectivity index (χ3v) is 11.2. The highest BCUT2D eigenvalue weighted by molar-refractivity contribution is 4.96. The maximum absolute atomic E-state index is 11.4. The Morgan fingerprint density at radius 2 is 0.949 bits per heavy atom. The molecule has 7 N–H and O–H groups in total. The molecule has 0 radical (unpaired) electrons. The van der Waals surface area contributed by atoms with Gasteiger partial charge < -0.3 is 92.1 Å². The molecule has 0 aliphatic carbocycles. The summed E-state index contributed by atoms with van der Waals surface area (Å²) in [5.74, 6) is -1.13. The summed E-state index contributed by atoms with van der Waals surface area (Å²) in [6, 6.07) is 0. The predicted molar refractivity (Wildman–Crippen MR) is 212 cm³/mol. The van der Waals surface area contributed by atoms with E-state index in [1.54, 1.807) is 0 Å². The molecule has 3 fully saturated rings. The minimum Gasteiger partial charge on any atom is -0.390 e. The van der Waals surface area contributed by atoms with Crippen molar-refractivity contribution in [1.29, 1.82) is 0 Å². The first-order chi connectivity index (χ1) is 27.7. The summed E-state index contributed by atoms with van der Waals surface area (Å²) in [4.78, 5) is 0. The van der Waals surface area contributed by atoms with Crippen molar-refractivity contribution < 1.29 is 92.1 Å². The first-order valence-electron chi connectivity index (χ1n) is 20.9. The van der Waals surface area contributed by atoms with Crippen molar-refractivity contribution in [1.82, 2.24) is 0 Å². The Morgan fingerprint density at radius 1 is 0.492 bits per heavy atom. The third-order valence-electron chi connectivity index (χ3n) is 11.2. The van der Waals surface area contributed by atoms with Crippen LogP contribution >= 0.6 is 0 Å². The molecule has 0 saturated carbocycles. The number of hydrogen-bond acceptors (Lipinski definition) is 17. The summed E-state index contributed by atoms with van der Waals surface area (Å²) in [6.07, 6.45) is -12.9. The SMILES string of the molecule is COCC1OC(COCCC(O)C[N+](C)(C)C)C(COCC2OC(COC3C(COC)OC(COCCC(O)C[N+](C)(C)C)C(C)C3O)C(OC)C(O)C2O)C(O)C1O. The van der Waals surface area contributed by atoms with Gasteiger partial charge in [0.1, 0.15) is 80.2 Å². The summed E-state index contributed by atoms with van der Waals surface area (Å²) in [7, 11) is 16.4. The van der Waals surface area contributed by atoms with Crippen LogP contribution in [0.5, 0.6) is 0 Å². The van der Waals surface area contributed by atoms with Gasteiger partial charge in [-0.1, -0.05) is 6.92 Å². The van der Waals surface area contributed by atoms with Crippen LogP contribution in [-0.2, 0) is 47.4 Å². The second kappa shape index (κ2) is 24.9. The molecular weight excluding hydrogens is 780 g/mol. The Bertz CT molecular complexity index is 1150. The highest BCUT2D eigenvalue weighted by Crippen LogP contribution is 2.32. The average molecular weight is 861 g/mol. The number of rotatable bonds is 26. The van der Waals surface area contributed by atoms with E-state index in [0.717, 1.165) is 0 Å². The second-order valence-corrected chi connectivity index (χ2v) is 18.5. The summed E-state index contributed by atoms with van der Waals surface area (Å²) >= 11 is 0. The molecule has 350 valence electrons. The smallest absolute Gasteiger partial charge is 0.114 e. The van der Waals surface area contributed by atoms with E-state index < -0.39 is 97.5 Å². The fourth-order valence-electron chi connectivity index (χ4n) is 8.02. The Labute approximate surface area is 351 Å². The fraction of sp³-hybridized carbons (Fsp3) is 1.00. The lowest BCUT2D eigenvalue weighted by atomic mass is 9.87. The van der Waals surface area contributed by atoms with E-state index >= 15 is 0 Å². The van der Waals surface area contributed by atoms with Gasteiger partial charge >= 0.3 is 0 Å². The molecule has 0 amide bonds. The summed E-state index contributed by atoms with van der Waals surface area (Å²) in [5, 5.41) is 76.3. The molecule has 0 aromatic rings. The molecule has 3 rings (SSSR count). The molecule has 3 heterocycles. The van der Waals surface area contributed by atoms with E-state index in [-0.39, 0.29) is 58.8 Å². The van der Waals surface area contributed by atoms with Crippen LogP contribution in [0.3, 0.4) is 0 Å². The minimum atomic E-state index is -1.41. The molecule has 0 aromatic carbocycles. The van der Waals surface area contributed by atoms with Gasteiger partial charge in [-0.3, -0.25) is 0 Å². The van der Waals surface area contributed by atoms with E-state index in [1.165, 1.54) is 21.3 Å². The molecule has 3 saturated heterocycles. The normalized spacial score (nSPS) is 37.1. The van der Waals surface area contributed by atoms with Crippen molar-refractivity contribution in [3.63, 3.8) is 0 Å². The molecule has 19 heteroatoms. The molecule has 59 heavy (non-hydrogen) atoms. The Morgan fingerprint density at radius 3 is 1.49 bits per heavy atom. The highest BCUT2D eigenvalue weighted by Gasteiger charge is 2.49. The Kier molecular flexibility index (Phi) is 22.2. The van der Waals surface area contributed by atoms with E-state index in [2.05, 4.69) is 0 Å². The van der Waals surface area contributed by atoms with Crippen LogP contribution in [-0.4, -0.2) is 272 Å². The molecule has 17 unspecified atom stereocenters. The zero-order chi connectivity index (χ0) is 44.1. The van der Waals surface area contributed by atoms with Crippen LogP contribution < -0.4 is 0 Å². The maximum atomic E-state index is 11.4. The molecule has 3 aliphatic heterocycles. The Balaban J connectivity index is 1.59. The average Bonchev–Trinajstić information content (AvgIpc) is 3.14. The lowest BCUT2D eigenvalue weighted by Gasteiger charge is -2.46. The van der Waals surface area contributed by atoms with Gasteiger partial charge in [0.05, 0.1) is 113 Å². The van der Waals surface area contributed by atoms with E-state index in [1.807, 2.05) is 49.2 Å². The van der Waals surface area contributed by atoms with Crippen LogP contribution in [0.25, 0.3) is 0 Å². The molecule has 17 atom stereocenters. The highest BCUT2D eigenvalue weighted by atomic mass is 16.6. The molecule has 0 spiro atoms. The largest absolute Gasteiger partial charge is 0.390 e. The number of hydrogen-bond donors (Lipinski definition) is 7. The van der Waals surface area contributed by atoms with E-state index in [0.29, 0.717) is 41.5 Å². The second-order valence-electron chi connectivity index (χ2n) is 18.5. The Hall–Kier alpha value is -0.760. The zero-order valence-electron chi connectivity index (χ0n) is 37.1. The van der Waals surface area contributed by atoms with Gasteiger partial charge in [0.2, 0.25) is 0 Å². The number of aliphatic hydroxyl groups excluding tert-OH is 7. The fourth-order valence-corrected chi connectivity index (χ4v) is 8.02. The van der Waals surface area contributed by atoms with Crippen molar-refractivity contribution in [3.05, 3.63) is 0 Å². The molecule has 19 nitrogen and oxygen atoms in total. The minimum absolute atomic E-state index is 0.0438. The van der Waals surface area contributed by atoms with Gasteiger partial charge in [0.25, 0.3) is 0 Å². The molecule has 3 aliphatic rings. The van der Waals surface area contributed by atoms with Gasteiger partial charge in [-0.05, 0) is 0 Å². The summed E-state index contributed by atoms with van der Waals surface area (Å²) in [6.45, 7) is 3.52. The van der Waals surface area contributed by atoms with Gasteiger partial charge in [-0.2, -0.15) is 0 Å². The van der Waals surface area contributed by atoms with Crippen molar-refractivity contribution in [2.24, 2.45) is 11.8 Å². The number of aliphatic hydroxyl groups is 7. The topological polar surface area (TPSA) is 234 Å². The van der Waals surface area contributed by atoms with Crippen molar-refractivity contribution >= 4 is 0 Å². The van der Waals surface area contributed by atoms with Crippen molar-refractivity contribution in [2.75, 3.05) is 136 Å². The summed E-state index contributed by atoms with van der Waals surface area (Å²) in [5.41, 5.74) is 0. The monoisotopic (exact) mass is 861 g/mol. The number of ether oxygens (including phenoxy) is 10. The van der Waals surface area contributed by atoms with Crippen LogP contribution in [0.15, 0.2) is 0 Å². The predicted octanol–water partition coefficient (Wildman–Crippen LogP) is -3.00. The molecular formula is C40H80N2O17+2. The number of nitrogens with zero attached hydrogens (tertiary/aromatic N) is 2. The standard InChI is InChI=1S/C40H80N2O17/c1-24-28(20-53-13-11-25(43)15-41(2,3)4)57-32(19-51-9)40(34(24)45)56-23-33-39(52-10)38(49)37(48)31(59-33)22-55-17-27-29(58-30(18-50-8)36(47)35(27)46)21-54-14-12-26(44)16-42(5,6)7/h24-40,43-49H,11-23H2,1-10H3/q+2. The molecule has 0 bridgehead atoms. The van der Waals surface area contributed by atoms with Crippen molar-refractivity contribution in [3.8, 4) is 0 Å². The maximum Gasteiger partial charge on any atom is 0.114 e. The first-order valence-corrected chi connectivity index (χ1v) is 20.9. The summed E-state index contributed by atoms with van der Waals surface area (Å²) < 4.78 is 60.0. The zero-order valence-corrected chi connectivity index (χ0v) is 37.1. The third kappa shape index (κ3) is 16.7. The van der Waals surface area contributed by atoms with Crippen LogP contribution in [0, 0.1) is 11.8 Å². The van der Waals surface area contributed by atoms with Gasteiger partial charge in [0, 0.05) is 59.2 Å². The van der Waals surface area contributed by atoms with Crippen LogP contribution in [0.4, 0.5) is 0 Å². The lowest BCUT2D eigenvalue weighted by molar-refractivity contribution is -0.873. The van der Waals surface area contributed by atoms with Crippen LogP contribution in [0.1, 0.15) is 19.8 Å². The lowest BCUT2D eigenvalue weighted by Crippen LogP contribution is -2.62. The van der Waals surface area contributed by atoms with E-state index in [4.69, 9.17) is 47.4 Å². The van der Waals surface area contributed by atoms with Crippen molar-refractivity contribution in [2.45, 2.75) is 111 Å². The number of likely N-dealkylation sites (N-methyl/N-ethyl adjacent to an activating group) is 2. The van der Waals surface area contributed by atoms with Crippen LogP contribution in [0.2, 0.25) is 0 Å². The van der Waals surface area contributed by atoms with E-state index in [9.17, 15) is 35.7 Å². The quantitative estimate of drug-likeness (QED) is 0.0339.